The fraction of sp³-hybridized carbons (Fsp3) is 0.143. The first-order valence-electron chi connectivity index (χ1n) is 36.8. The van der Waals surface area contributed by atoms with Gasteiger partial charge >= 0.3 is 0 Å². The summed E-state index contributed by atoms with van der Waals surface area (Å²) in [5.74, 6) is 0. The molecular weight excluding hydrogens is 1260 g/mol. The molecule has 15 aromatic rings. The Labute approximate surface area is 611 Å². The van der Waals surface area contributed by atoms with E-state index in [-0.39, 0.29) is 21.7 Å². The summed E-state index contributed by atoms with van der Waals surface area (Å²) >= 11 is 0. The van der Waals surface area contributed by atoms with Gasteiger partial charge < -0.3 is 24.0 Å². The Hall–Kier alpha value is -11.9. The highest BCUT2D eigenvalue weighted by Crippen LogP contribution is 2.60. The first kappa shape index (κ1) is 63.1. The van der Waals surface area contributed by atoms with Crippen LogP contribution in [0.4, 0.5) is 68.2 Å². The van der Waals surface area contributed by atoms with Crippen LogP contribution < -0.4 is 36.0 Å². The molecule has 5 nitrogen and oxygen atoms in total. The predicted octanol–water partition coefficient (Wildman–Crippen LogP) is 25.1. The Bertz CT molecular complexity index is 5760. The van der Waals surface area contributed by atoms with E-state index in [1.807, 2.05) is 0 Å². The van der Waals surface area contributed by atoms with E-state index in [1.54, 1.807) is 0 Å². The number of fused-ring (bicyclic) bond motifs is 12. The van der Waals surface area contributed by atoms with E-state index in [9.17, 15) is 0 Å². The minimum Gasteiger partial charge on any atom is -0.454 e. The zero-order valence-corrected chi connectivity index (χ0v) is 60.7. The van der Waals surface area contributed by atoms with Crippen LogP contribution in [-0.4, -0.2) is 6.71 Å². The van der Waals surface area contributed by atoms with Gasteiger partial charge in [0.05, 0.1) is 51.2 Å². The summed E-state index contributed by atoms with van der Waals surface area (Å²) in [6, 6.07) is 117. The molecule has 0 N–H and O–H groups in total. The van der Waals surface area contributed by atoms with Crippen LogP contribution in [0, 0.1) is 0 Å². The minimum atomic E-state index is -0.413. The van der Waals surface area contributed by atoms with Gasteiger partial charge in [-0.1, -0.05) is 294 Å². The molecule has 104 heavy (non-hydrogen) atoms. The van der Waals surface area contributed by atoms with Crippen molar-refractivity contribution in [2.75, 3.05) is 19.6 Å². The zero-order valence-electron chi connectivity index (χ0n) is 60.7. The van der Waals surface area contributed by atoms with Gasteiger partial charge in [0, 0.05) is 60.9 Å². The highest BCUT2D eigenvalue weighted by Gasteiger charge is 2.49. The topological polar surface area (TPSA) is 26.1 Å². The van der Waals surface area contributed by atoms with Gasteiger partial charge in [0.1, 0.15) is 5.58 Å². The maximum atomic E-state index is 7.74. The van der Waals surface area contributed by atoms with Gasteiger partial charge in [-0.2, -0.15) is 0 Å². The number of nitrogens with zero attached hydrogens (tertiary/aromatic N) is 4. The number of benzene rings is 14. The van der Waals surface area contributed by atoms with E-state index in [0.29, 0.717) is 0 Å². The molecule has 0 atom stereocenters. The Morgan fingerprint density at radius 3 is 1.02 bits per heavy atom. The predicted molar refractivity (Wildman–Crippen MR) is 441 cm³/mol. The second kappa shape index (κ2) is 23.3. The average Bonchev–Trinajstić information content (AvgIpc) is 1.22. The van der Waals surface area contributed by atoms with Gasteiger partial charge in [-0.25, -0.2) is 0 Å². The Morgan fingerprint density at radius 1 is 0.279 bits per heavy atom. The monoisotopic (exact) mass is 1340 g/mol. The molecular formula is C98H81BN4O. The van der Waals surface area contributed by atoms with Gasteiger partial charge in [-0.3, -0.25) is 0 Å². The molecule has 4 aliphatic rings. The van der Waals surface area contributed by atoms with E-state index in [2.05, 4.69) is 398 Å². The Kier molecular flexibility index (Phi) is 14.2. The molecule has 0 radical (unpaired) electrons. The largest absolute Gasteiger partial charge is 0.454 e. The molecule has 19 rings (SSSR count). The molecule has 6 heteroatoms. The summed E-state index contributed by atoms with van der Waals surface area (Å²) in [6.07, 6.45) is 0. The van der Waals surface area contributed by atoms with Crippen molar-refractivity contribution in [3.8, 4) is 44.5 Å². The molecule has 502 valence electrons. The zero-order chi connectivity index (χ0) is 70.7. The van der Waals surface area contributed by atoms with E-state index in [4.69, 9.17) is 4.42 Å². The third-order valence-electron chi connectivity index (χ3n) is 23.1. The van der Waals surface area contributed by atoms with E-state index in [0.717, 1.165) is 140 Å². The summed E-state index contributed by atoms with van der Waals surface area (Å²) in [5.41, 5.74) is 34.2. The molecule has 0 saturated carbocycles. The number of furan rings is 1. The Morgan fingerprint density at radius 2 is 0.615 bits per heavy atom. The van der Waals surface area contributed by atoms with Crippen molar-refractivity contribution in [1.29, 1.82) is 0 Å². The van der Waals surface area contributed by atoms with Crippen LogP contribution in [0.3, 0.4) is 0 Å². The molecule has 0 unspecified atom stereocenters. The molecule has 0 saturated heterocycles. The van der Waals surface area contributed by atoms with Crippen LogP contribution in [0.25, 0.3) is 66.4 Å². The molecule has 4 aliphatic heterocycles. The van der Waals surface area contributed by atoms with Crippen LogP contribution >= 0.6 is 0 Å². The fourth-order valence-corrected chi connectivity index (χ4v) is 17.8. The molecule has 1 aromatic heterocycles. The number of para-hydroxylation sites is 5. The highest BCUT2D eigenvalue weighted by atomic mass is 16.3. The lowest BCUT2D eigenvalue weighted by Gasteiger charge is -2.47. The first-order valence-corrected chi connectivity index (χ1v) is 36.8. The summed E-state index contributed by atoms with van der Waals surface area (Å²) in [7, 11) is 0. The van der Waals surface area contributed by atoms with Crippen LogP contribution in [0.15, 0.2) is 314 Å². The maximum Gasteiger partial charge on any atom is 0.252 e. The van der Waals surface area contributed by atoms with Crippen LogP contribution in [-0.2, 0) is 21.7 Å². The lowest BCUT2D eigenvalue weighted by molar-refractivity contribution is 0.590. The molecule has 0 fully saturated rings. The van der Waals surface area contributed by atoms with E-state index < -0.39 is 6.71 Å². The van der Waals surface area contributed by atoms with E-state index >= 15 is 0 Å². The van der Waals surface area contributed by atoms with Crippen molar-refractivity contribution < 1.29 is 4.42 Å². The highest BCUT2D eigenvalue weighted by molar-refractivity contribution is 7.00. The summed E-state index contributed by atoms with van der Waals surface area (Å²) in [5, 5.41) is 2.10. The van der Waals surface area contributed by atoms with Gasteiger partial charge in [0.15, 0.2) is 5.58 Å². The number of hydrogen-bond acceptors (Lipinski definition) is 5. The van der Waals surface area contributed by atoms with Gasteiger partial charge in [-0.05, 0) is 168 Å². The normalized spacial score (nSPS) is 14.5. The van der Waals surface area contributed by atoms with Crippen molar-refractivity contribution in [3.05, 3.63) is 343 Å². The lowest BCUT2D eigenvalue weighted by Crippen LogP contribution is -2.61. The average molecular weight is 1340 g/mol. The molecule has 5 heterocycles. The summed E-state index contributed by atoms with van der Waals surface area (Å²) in [4.78, 5) is 10.5. The number of rotatable bonds is 8. The molecule has 0 amide bonds. The van der Waals surface area contributed by atoms with Gasteiger partial charge in [-0.15, -0.1) is 0 Å². The SMILES string of the molecule is CC(C)(C)c1ccc(N2c3cc(-c4ccccc4)c(N4c5ccccc5C(C)(C)c5ccccc54)cc3B3c4cc(N5c6ccccc6C(C)(C)c6ccccc65)c(-c5ccccc5)cc4N(c4ccc(C(C)(C)C)cc4-c4ccccc4)c4c3c2cc2c4oc3ccccc32)c(-c2ccccc2)c1. The van der Waals surface area contributed by atoms with Gasteiger partial charge in [0.2, 0.25) is 0 Å². The molecule has 14 aromatic carbocycles. The third kappa shape index (κ3) is 9.60. The van der Waals surface area contributed by atoms with Crippen LogP contribution in [0.2, 0.25) is 0 Å². The number of anilines is 12. The summed E-state index contributed by atoms with van der Waals surface area (Å²) < 4.78 is 7.74. The number of hydrogen-bond donors (Lipinski definition) is 0. The maximum absolute atomic E-state index is 7.74. The Balaban J connectivity index is 1.04. The minimum absolute atomic E-state index is 0.156. The standard InChI is InChI=1S/C98H81BN4O/c1-95(2,3)66-51-53-80(69(55-66)62-33-15-11-16-34-62)100-88-57-71(64-37-19-13-20-38-64)86(101-82-46-28-24-42-74(82)97(7,8)75-43-25-29-47-83(75)101)60-78(88)99-79-61-87(102-84-48-30-26-44-76(84)98(9,10)77-45-27-31-49-85(77)102)72(65-39-21-14-22-40-65)58-89(79)103(81-54-52-67(96(4,5)6)56-70(81)63-35-17-12-18-36-63)93-92(99)90(100)59-73-68-41-23-32-50-91(68)104-94(73)93/h11-61H,1-10H3. The molecule has 0 spiro atoms. The molecule has 0 bridgehead atoms. The van der Waals surface area contributed by atoms with Crippen molar-refractivity contribution >= 4 is 113 Å². The fourth-order valence-electron chi connectivity index (χ4n) is 17.8. The first-order chi connectivity index (χ1) is 50.4. The summed E-state index contributed by atoms with van der Waals surface area (Å²) in [6.45, 7) is 23.2. The second-order valence-corrected chi connectivity index (χ2v) is 32.0. The van der Waals surface area contributed by atoms with Crippen molar-refractivity contribution in [1.82, 2.24) is 0 Å². The van der Waals surface area contributed by atoms with Gasteiger partial charge in [0.25, 0.3) is 6.71 Å². The van der Waals surface area contributed by atoms with Crippen LogP contribution in [0.1, 0.15) is 103 Å². The van der Waals surface area contributed by atoms with Crippen LogP contribution in [0.5, 0.6) is 0 Å². The van der Waals surface area contributed by atoms with Crippen molar-refractivity contribution in [2.45, 2.75) is 90.9 Å². The van der Waals surface area contributed by atoms with Crippen molar-refractivity contribution in [3.63, 3.8) is 0 Å². The quantitative estimate of drug-likeness (QED) is 0.141. The molecule has 0 aliphatic carbocycles. The van der Waals surface area contributed by atoms with E-state index in [1.165, 1.54) is 44.3 Å². The smallest absolute Gasteiger partial charge is 0.252 e. The third-order valence-corrected chi connectivity index (χ3v) is 23.1. The van der Waals surface area contributed by atoms with Crippen molar-refractivity contribution in [2.24, 2.45) is 0 Å². The lowest BCUT2D eigenvalue weighted by atomic mass is 9.33. The second-order valence-electron chi connectivity index (χ2n) is 32.0.